The molecule has 1 aliphatic carbocycles. The van der Waals surface area contributed by atoms with Crippen LogP contribution in [0.15, 0.2) is 64.5 Å². The van der Waals surface area contributed by atoms with Gasteiger partial charge in [-0.05, 0) is 50.9 Å². The van der Waals surface area contributed by atoms with E-state index in [9.17, 15) is 13.2 Å². The number of aliphatic imine (C=N–C) groups is 1. The topological polar surface area (TPSA) is 115 Å². The molecule has 0 radical (unpaired) electrons. The average Bonchev–Trinajstić information content (AvgIpc) is 3.47. The number of sulfone groups is 1. The summed E-state index contributed by atoms with van der Waals surface area (Å²) in [6.07, 6.45) is 1.98. The Morgan fingerprint density at radius 1 is 1.17 bits per heavy atom. The van der Waals surface area contributed by atoms with Crippen molar-refractivity contribution >= 4 is 38.9 Å². The van der Waals surface area contributed by atoms with Crippen molar-refractivity contribution < 1.29 is 13.2 Å². The van der Waals surface area contributed by atoms with Crippen molar-refractivity contribution in [2.75, 3.05) is 13.6 Å². The second-order valence-electron chi connectivity index (χ2n) is 9.50. The number of halogens is 1. The number of hydrogen-bond donors (Lipinski definition) is 3. The molecule has 1 saturated heterocycles. The van der Waals surface area contributed by atoms with Gasteiger partial charge in [0.05, 0.1) is 27.4 Å². The number of carbonyl (C=O) groups excluding carboxylic acids is 1. The molecule has 192 valence electrons. The standard InChI is InChI=1S/C26H32ClN5O3S/c1-18(28)14-24(30-16-19-8-4-3-5-9-19)32-17-20(36(34,35)23-11-7-6-10-21(23)27)15-22(32)25(33)31-26(29-2)12-13-26/h3-11,20,22,28-29H,12-17H2,1-2H3,(H,31,33). The summed E-state index contributed by atoms with van der Waals surface area (Å²) in [4.78, 5) is 20.1. The number of hydrogen-bond acceptors (Lipinski definition) is 6. The van der Waals surface area contributed by atoms with Gasteiger partial charge in [-0.3, -0.25) is 15.1 Å². The highest BCUT2D eigenvalue weighted by molar-refractivity contribution is 7.92. The van der Waals surface area contributed by atoms with Crippen molar-refractivity contribution in [3.05, 3.63) is 65.2 Å². The summed E-state index contributed by atoms with van der Waals surface area (Å²) in [6, 6.07) is 15.4. The zero-order valence-electron chi connectivity index (χ0n) is 20.5. The van der Waals surface area contributed by atoms with E-state index in [1.807, 2.05) is 30.3 Å². The number of amidine groups is 1. The molecule has 10 heteroatoms. The first-order valence-electron chi connectivity index (χ1n) is 12.0. The molecule has 0 spiro atoms. The Bertz CT molecular complexity index is 1260. The number of nitrogens with one attached hydrogen (secondary N) is 3. The highest BCUT2D eigenvalue weighted by Crippen LogP contribution is 2.35. The van der Waals surface area contributed by atoms with E-state index >= 15 is 0 Å². The number of carbonyl (C=O) groups is 1. The zero-order chi connectivity index (χ0) is 25.9. The predicted molar refractivity (Wildman–Crippen MR) is 142 cm³/mol. The molecule has 1 amide bonds. The van der Waals surface area contributed by atoms with Crippen molar-refractivity contribution in [3.8, 4) is 0 Å². The van der Waals surface area contributed by atoms with Crippen LogP contribution >= 0.6 is 11.6 Å². The molecule has 2 aromatic carbocycles. The van der Waals surface area contributed by atoms with Gasteiger partial charge in [0.25, 0.3) is 0 Å². The van der Waals surface area contributed by atoms with Crippen LogP contribution in [0.25, 0.3) is 0 Å². The van der Waals surface area contributed by atoms with E-state index in [-0.39, 0.29) is 35.2 Å². The quantitative estimate of drug-likeness (QED) is 0.261. The summed E-state index contributed by atoms with van der Waals surface area (Å²) >= 11 is 6.25. The minimum absolute atomic E-state index is 0.0672. The number of nitrogens with zero attached hydrogens (tertiary/aromatic N) is 2. The average molecular weight is 530 g/mol. The first kappa shape index (κ1) is 26.3. The van der Waals surface area contributed by atoms with E-state index in [1.54, 1.807) is 37.1 Å². The molecule has 36 heavy (non-hydrogen) atoms. The normalized spacial score (nSPS) is 21.3. The van der Waals surface area contributed by atoms with Gasteiger partial charge in [-0.15, -0.1) is 0 Å². The number of benzene rings is 2. The van der Waals surface area contributed by atoms with Crippen molar-refractivity contribution in [1.29, 1.82) is 5.41 Å². The fraction of sp³-hybridized carbons (Fsp3) is 0.423. The first-order chi connectivity index (χ1) is 17.1. The summed E-state index contributed by atoms with van der Waals surface area (Å²) < 4.78 is 27.2. The minimum atomic E-state index is -3.81. The monoisotopic (exact) mass is 529 g/mol. The molecule has 3 N–H and O–H groups in total. The first-order valence-corrected chi connectivity index (χ1v) is 13.9. The maximum absolute atomic E-state index is 13.6. The van der Waals surface area contributed by atoms with Gasteiger partial charge in [-0.1, -0.05) is 54.1 Å². The van der Waals surface area contributed by atoms with Crippen LogP contribution in [0.2, 0.25) is 5.02 Å². The SMILES string of the molecule is CNC1(NC(=O)C2CC(S(=O)(=O)c3ccccc3Cl)CN2C(CC(C)=N)=NCc2ccccc2)CC1. The van der Waals surface area contributed by atoms with Crippen LogP contribution < -0.4 is 10.6 Å². The lowest BCUT2D eigenvalue weighted by molar-refractivity contribution is -0.125. The van der Waals surface area contributed by atoms with E-state index in [1.165, 1.54) is 6.07 Å². The van der Waals surface area contributed by atoms with Crippen molar-refractivity contribution in [3.63, 3.8) is 0 Å². The molecular weight excluding hydrogens is 498 g/mol. The minimum Gasteiger partial charge on any atom is -0.347 e. The Hall–Kier alpha value is -2.75. The summed E-state index contributed by atoms with van der Waals surface area (Å²) in [5.74, 6) is 0.298. The van der Waals surface area contributed by atoms with Gasteiger partial charge in [0.2, 0.25) is 5.91 Å². The van der Waals surface area contributed by atoms with Gasteiger partial charge < -0.3 is 15.6 Å². The van der Waals surface area contributed by atoms with Crippen LogP contribution in [0.5, 0.6) is 0 Å². The number of rotatable bonds is 9. The molecule has 8 nitrogen and oxygen atoms in total. The van der Waals surface area contributed by atoms with Crippen LogP contribution in [-0.2, 0) is 21.2 Å². The van der Waals surface area contributed by atoms with Crippen LogP contribution in [0.3, 0.4) is 0 Å². The smallest absolute Gasteiger partial charge is 0.244 e. The lowest BCUT2D eigenvalue weighted by atomic mass is 10.1. The summed E-state index contributed by atoms with van der Waals surface area (Å²) in [5, 5.41) is 13.7. The van der Waals surface area contributed by atoms with Gasteiger partial charge in [0, 0.05) is 18.7 Å². The third kappa shape index (κ3) is 5.79. The Balaban J connectivity index is 1.68. The Morgan fingerprint density at radius 2 is 1.83 bits per heavy atom. The molecule has 4 rings (SSSR count). The summed E-state index contributed by atoms with van der Waals surface area (Å²) in [5.41, 5.74) is 0.929. The molecule has 2 atom stereocenters. The predicted octanol–water partition coefficient (Wildman–Crippen LogP) is 3.41. The molecule has 1 saturated carbocycles. The largest absolute Gasteiger partial charge is 0.347 e. The van der Waals surface area contributed by atoms with Gasteiger partial charge in [0.15, 0.2) is 9.84 Å². The zero-order valence-corrected chi connectivity index (χ0v) is 22.1. The molecule has 2 unspecified atom stereocenters. The van der Waals surface area contributed by atoms with Crippen LogP contribution in [0.4, 0.5) is 0 Å². The molecule has 2 fully saturated rings. The van der Waals surface area contributed by atoms with Gasteiger partial charge in [-0.25, -0.2) is 8.42 Å². The van der Waals surface area contributed by atoms with E-state index in [0.29, 0.717) is 18.1 Å². The fourth-order valence-corrected chi connectivity index (χ4v) is 6.76. The van der Waals surface area contributed by atoms with Gasteiger partial charge >= 0.3 is 0 Å². The Morgan fingerprint density at radius 3 is 2.44 bits per heavy atom. The molecule has 2 aliphatic rings. The molecule has 0 aromatic heterocycles. The lowest BCUT2D eigenvalue weighted by Gasteiger charge is -2.29. The fourth-order valence-electron chi connectivity index (χ4n) is 4.54. The molecular formula is C26H32ClN5O3S. The van der Waals surface area contributed by atoms with Crippen LogP contribution in [0.1, 0.15) is 38.2 Å². The maximum atomic E-state index is 13.6. The number of likely N-dealkylation sites (tertiary alicyclic amines) is 1. The van der Waals surface area contributed by atoms with Crippen molar-refractivity contribution in [2.45, 2.75) is 61.0 Å². The second-order valence-corrected chi connectivity index (χ2v) is 12.1. The van der Waals surface area contributed by atoms with Crippen LogP contribution in [-0.4, -0.2) is 61.3 Å². The molecule has 0 bridgehead atoms. The van der Waals surface area contributed by atoms with E-state index in [0.717, 1.165) is 18.4 Å². The van der Waals surface area contributed by atoms with Crippen LogP contribution in [0, 0.1) is 5.41 Å². The highest BCUT2D eigenvalue weighted by Gasteiger charge is 2.49. The Labute approximate surface area is 217 Å². The van der Waals surface area contributed by atoms with E-state index in [2.05, 4.69) is 10.6 Å². The third-order valence-electron chi connectivity index (χ3n) is 6.78. The maximum Gasteiger partial charge on any atom is 0.244 e. The lowest BCUT2D eigenvalue weighted by Crippen LogP contribution is -2.53. The third-order valence-corrected chi connectivity index (χ3v) is 9.41. The molecule has 2 aromatic rings. The number of amides is 1. The van der Waals surface area contributed by atoms with Crippen molar-refractivity contribution in [2.24, 2.45) is 4.99 Å². The van der Waals surface area contributed by atoms with Crippen molar-refractivity contribution in [1.82, 2.24) is 15.5 Å². The molecule has 1 heterocycles. The highest BCUT2D eigenvalue weighted by atomic mass is 35.5. The van der Waals surface area contributed by atoms with E-state index in [4.69, 9.17) is 22.0 Å². The van der Waals surface area contributed by atoms with Gasteiger partial charge in [0.1, 0.15) is 11.9 Å². The molecule has 1 aliphatic heterocycles. The second kappa shape index (κ2) is 10.7. The van der Waals surface area contributed by atoms with E-state index < -0.39 is 26.8 Å². The Kier molecular flexibility index (Phi) is 7.82. The summed E-state index contributed by atoms with van der Waals surface area (Å²) in [6.45, 7) is 2.15. The summed E-state index contributed by atoms with van der Waals surface area (Å²) in [7, 11) is -2.01. The van der Waals surface area contributed by atoms with Gasteiger partial charge in [-0.2, -0.15) is 0 Å².